The number of aromatic nitrogens is 1. The number of aryl methyl sites for hydroxylation is 1. The molecule has 2 aromatic carbocycles. The van der Waals surface area contributed by atoms with Gasteiger partial charge in [-0.1, -0.05) is 54.1 Å². The molecule has 4 rings (SSSR count). The van der Waals surface area contributed by atoms with Crippen LogP contribution in [0.5, 0.6) is 5.88 Å². The molecular weight excluding hydrogens is 384 g/mol. The van der Waals surface area contributed by atoms with Crippen molar-refractivity contribution in [2.75, 3.05) is 6.54 Å². The number of pyridine rings is 1. The van der Waals surface area contributed by atoms with Crippen molar-refractivity contribution in [1.29, 1.82) is 0 Å². The Morgan fingerprint density at radius 3 is 2.55 bits per heavy atom. The van der Waals surface area contributed by atoms with Gasteiger partial charge in [0, 0.05) is 18.3 Å². The topological polar surface area (TPSA) is 59.5 Å². The zero-order chi connectivity index (χ0) is 20.3. The second-order valence-corrected chi connectivity index (χ2v) is 9.15. The van der Waals surface area contributed by atoms with Crippen molar-refractivity contribution >= 4 is 10.0 Å². The fraction of sp³-hybridized carbons (Fsp3) is 0.261. The lowest BCUT2D eigenvalue weighted by molar-refractivity contribution is 0.281. The maximum atomic E-state index is 13.3. The molecule has 1 saturated heterocycles. The summed E-state index contributed by atoms with van der Waals surface area (Å²) in [4.78, 5) is 4.72. The van der Waals surface area contributed by atoms with Crippen molar-refractivity contribution in [3.63, 3.8) is 0 Å². The number of benzene rings is 2. The van der Waals surface area contributed by atoms with E-state index in [9.17, 15) is 8.42 Å². The second-order valence-electron chi connectivity index (χ2n) is 7.26. The van der Waals surface area contributed by atoms with Crippen LogP contribution in [0.25, 0.3) is 0 Å². The Morgan fingerprint density at radius 1 is 1.03 bits per heavy atom. The van der Waals surface area contributed by atoms with Gasteiger partial charge in [-0.25, -0.2) is 13.4 Å². The Morgan fingerprint density at radius 2 is 1.79 bits per heavy atom. The first kappa shape index (κ1) is 19.6. The van der Waals surface area contributed by atoms with Crippen LogP contribution in [0, 0.1) is 6.92 Å². The van der Waals surface area contributed by atoms with Crippen molar-refractivity contribution in [3.05, 3.63) is 89.6 Å². The third kappa shape index (κ3) is 4.18. The van der Waals surface area contributed by atoms with Crippen molar-refractivity contribution < 1.29 is 13.2 Å². The highest BCUT2D eigenvalue weighted by Gasteiger charge is 2.37. The van der Waals surface area contributed by atoms with Crippen LogP contribution in [0.2, 0.25) is 0 Å². The molecule has 1 fully saturated rings. The van der Waals surface area contributed by atoms with Gasteiger partial charge in [0.15, 0.2) is 0 Å². The Balaban J connectivity index is 1.61. The standard InChI is InChI=1S/C23H24N2O3S/c1-18-11-13-20(14-12-18)29(26,27)25-16-6-10-22(25)21-9-5-15-24-23(21)28-17-19-7-3-2-4-8-19/h2-5,7-9,11-15,22H,6,10,16-17H2,1H3/t22-/m0/s1. The normalized spacial score (nSPS) is 17.3. The lowest BCUT2D eigenvalue weighted by Gasteiger charge is -2.25. The number of sulfonamides is 1. The largest absolute Gasteiger partial charge is 0.473 e. The van der Waals surface area contributed by atoms with E-state index in [2.05, 4.69) is 4.98 Å². The van der Waals surface area contributed by atoms with E-state index >= 15 is 0 Å². The number of rotatable bonds is 6. The zero-order valence-electron chi connectivity index (χ0n) is 16.4. The van der Waals surface area contributed by atoms with E-state index < -0.39 is 10.0 Å². The highest BCUT2D eigenvalue weighted by molar-refractivity contribution is 7.89. The van der Waals surface area contributed by atoms with Crippen LogP contribution in [-0.4, -0.2) is 24.3 Å². The summed E-state index contributed by atoms with van der Waals surface area (Å²) < 4.78 is 34.1. The van der Waals surface area contributed by atoms with E-state index in [0.717, 1.165) is 29.5 Å². The number of hydrogen-bond acceptors (Lipinski definition) is 4. The van der Waals surface area contributed by atoms with E-state index in [4.69, 9.17) is 4.74 Å². The maximum Gasteiger partial charge on any atom is 0.243 e. The Labute approximate surface area is 172 Å². The van der Waals surface area contributed by atoms with Crippen LogP contribution in [0.4, 0.5) is 0 Å². The molecule has 0 spiro atoms. The van der Waals surface area contributed by atoms with E-state index in [1.165, 1.54) is 0 Å². The predicted octanol–water partition coefficient (Wildman–Crippen LogP) is 4.49. The highest BCUT2D eigenvalue weighted by Crippen LogP contribution is 2.39. The minimum Gasteiger partial charge on any atom is -0.473 e. The van der Waals surface area contributed by atoms with E-state index in [1.807, 2.05) is 61.5 Å². The molecule has 6 heteroatoms. The Hall–Kier alpha value is -2.70. The molecule has 1 aliphatic rings. The molecule has 0 radical (unpaired) electrons. The quantitative estimate of drug-likeness (QED) is 0.603. The molecule has 0 bridgehead atoms. The molecular formula is C23H24N2O3S. The molecule has 150 valence electrons. The summed E-state index contributed by atoms with van der Waals surface area (Å²) >= 11 is 0. The summed E-state index contributed by atoms with van der Waals surface area (Å²) in [6.45, 7) is 2.83. The van der Waals surface area contributed by atoms with Crippen molar-refractivity contribution in [2.45, 2.75) is 37.3 Å². The molecule has 29 heavy (non-hydrogen) atoms. The van der Waals surface area contributed by atoms with Gasteiger partial charge in [0.1, 0.15) is 6.61 Å². The van der Waals surface area contributed by atoms with Gasteiger partial charge in [0.05, 0.1) is 10.9 Å². The van der Waals surface area contributed by atoms with Crippen molar-refractivity contribution in [3.8, 4) is 5.88 Å². The van der Waals surface area contributed by atoms with Crippen molar-refractivity contribution in [1.82, 2.24) is 9.29 Å². The van der Waals surface area contributed by atoms with Crippen LogP contribution >= 0.6 is 0 Å². The SMILES string of the molecule is Cc1ccc(S(=O)(=O)N2CCC[C@H]2c2cccnc2OCc2ccccc2)cc1. The lowest BCUT2D eigenvalue weighted by Crippen LogP contribution is -2.31. The first-order valence-electron chi connectivity index (χ1n) is 9.76. The van der Waals surface area contributed by atoms with Gasteiger partial charge < -0.3 is 4.74 Å². The van der Waals surface area contributed by atoms with E-state index in [0.29, 0.717) is 23.9 Å². The Kier molecular flexibility index (Phi) is 5.65. The van der Waals surface area contributed by atoms with E-state index in [-0.39, 0.29) is 6.04 Å². The molecule has 0 saturated carbocycles. The third-order valence-electron chi connectivity index (χ3n) is 5.21. The van der Waals surface area contributed by atoms with Gasteiger partial charge in [0.25, 0.3) is 0 Å². The molecule has 0 amide bonds. The molecule has 1 aromatic heterocycles. The highest BCUT2D eigenvalue weighted by atomic mass is 32.2. The molecule has 5 nitrogen and oxygen atoms in total. The van der Waals surface area contributed by atoms with Crippen LogP contribution in [0.3, 0.4) is 0 Å². The van der Waals surface area contributed by atoms with Gasteiger partial charge in [-0.3, -0.25) is 0 Å². The fourth-order valence-electron chi connectivity index (χ4n) is 3.69. The third-order valence-corrected chi connectivity index (χ3v) is 7.13. The predicted molar refractivity (Wildman–Crippen MR) is 112 cm³/mol. The first-order chi connectivity index (χ1) is 14.1. The van der Waals surface area contributed by atoms with Gasteiger partial charge in [-0.05, 0) is 43.5 Å². The number of nitrogens with zero attached hydrogens (tertiary/aromatic N) is 2. The minimum absolute atomic E-state index is 0.277. The molecule has 1 atom stereocenters. The molecule has 0 aliphatic carbocycles. The van der Waals surface area contributed by atoms with Gasteiger partial charge >= 0.3 is 0 Å². The molecule has 1 aliphatic heterocycles. The van der Waals surface area contributed by atoms with Crippen LogP contribution in [-0.2, 0) is 16.6 Å². The van der Waals surface area contributed by atoms with Crippen LogP contribution in [0.15, 0.2) is 77.8 Å². The molecule has 0 unspecified atom stereocenters. The lowest BCUT2D eigenvalue weighted by atomic mass is 10.1. The molecule has 0 N–H and O–H groups in total. The Bertz CT molecular complexity index is 1070. The minimum atomic E-state index is -3.59. The monoisotopic (exact) mass is 408 g/mol. The first-order valence-corrected chi connectivity index (χ1v) is 11.2. The number of hydrogen-bond donors (Lipinski definition) is 0. The number of ether oxygens (including phenoxy) is 1. The zero-order valence-corrected chi connectivity index (χ0v) is 17.2. The second kappa shape index (κ2) is 8.35. The molecule has 2 heterocycles. The smallest absolute Gasteiger partial charge is 0.243 e. The van der Waals surface area contributed by atoms with E-state index in [1.54, 1.807) is 22.6 Å². The summed E-state index contributed by atoms with van der Waals surface area (Å²) in [5.74, 6) is 0.493. The van der Waals surface area contributed by atoms with Gasteiger partial charge in [-0.15, -0.1) is 0 Å². The van der Waals surface area contributed by atoms with Crippen LogP contribution < -0.4 is 4.74 Å². The maximum absolute atomic E-state index is 13.3. The fourth-order valence-corrected chi connectivity index (χ4v) is 5.36. The molecule has 3 aromatic rings. The van der Waals surface area contributed by atoms with Crippen LogP contribution in [0.1, 0.15) is 35.6 Å². The summed E-state index contributed by atoms with van der Waals surface area (Å²) in [6.07, 6.45) is 3.23. The van der Waals surface area contributed by atoms with Gasteiger partial charge in [0.2, 0.25) is 15.9 Å². The average Bonchev–Trinajstić information content (AvgIpc) is 3.24. The average molecular weight is 409 g/mol. The summed E-state index contributed by atoms with van der Waals surface area (Å²) in [7, 11) is -3.59. The summed E-state index contributed by atoms with van der Waals surface area (Å²) in [5, 5.41) is 0. The summed E-state index contributed by atoms with van der Waals surface area (Å²) in [5.41, 5.74) is 2.89. The van der Waals surface area contributed by atoms with Crippen molar-refractivity contribution in [2.24, 2.45) is 0 Å². The summed E-state index contributed by atoms with van der Waals surface area (Å²) in [6, 6.07) is 20.4. The van der Waals surface area contributed by atoms with Gasteiger partial charge in [-0.2, -0.15) is 4.31 Å².